The monoisotopic (exact) mass is 289 g/mol. The summed E-state index contributed by atoms with van der Waals surface area (Å²) < 4.78 is 13.5. The SMILES string of the molecule is NC(Cc1ccc(Cl)c(F)c1)C1(c2ccccc2)CC1. The van der Waals surface area contributed by atoms with Gasteiger partial charge in [-0.3, -0.25) is 0 Å². The molecule has 1 aliphatic rings. The van der Waals surface area contributed by atoms with E-state index in [2.05, 4.69) is 12.1 Å². The number of nitrogens with two attached hydrogens (primary N) is 1. The molecule has 1 unspecified atom stereocenters. The normalized spacial score (nSPS) is 17.8. The van der Waals surface area contributed by atoms with Crippen LogP contribution >= 0.6 is 11.6 Å². The summed E-state index contributed by atoms with van der Waals surface area (Å²) >= 11 is 5.71. The Bertz CT molecular complexity index is 608. The van der Waals surface area contributed by atoms with E-state index in [1.807, 2.05) is 24.3 Å². The molecule has 1 aliphatic carbocycles. The average molecular weight is 290 g/mol. The van der Waals surface area contributed by atoms with Crippen LogP contribution < -0.4 is 5.73 Å². The van der Waals surface area contributed by atoms with Gasteiger partial charge in [-0.05, 0) is 42.5 Å². The second-order valence-electron chi connectivity index (χ2n) is 5.58. The van der Waals surface area contributed by atoms with Crippen LogP contribution in [-0.2, 0) is 11.8 Å². The molecular weight excluding hydrogens is 273 g/mol. The van der Waals surface area contributed by atoms with Crippen LogP contribution in [0.1, 0.15) is 24.0 Å². The van der Waals surface area contributed by atoms with Crippen molar-refractivity contribution >= 4 is 11.6 Å². The summed E-state index contributed by atoms with van der Waals surface area (Å²) in [5.41, 5.74) is 8.68. The minimum absolute atomic E-state index is 0.00507. The summed E-state index contributed by atoms with van der Waals surface area (Å²) in [6, 6.07) is 15.3. The van der Waals surface area contributed by atoms with Gasteiger partial charge in [-0.1, -0.05) is 48.0 Å². The van der Waals surface area contributed by atoms with E-state index < -0.39 is 0 Å². The van der Waals surface area contributed by atoms with E-state index in [1.165, 1.54) is 11.6 Å². The fourth-order valence-electron chi connectivity index (χ4n) is 2.89. The van der Waals surface area contributed by atoms with Gasteiger partial charge in [0.2, 0.25) is 0 Å². The van der Waals surface area contributed by atoms with Gasteiger partial charge in [-0.25, -0.2) is 4.39 Å². The quantitative estimate of drug-likeness (QED) is 0.902. The van der Waals surface area contributed by atoms with Crippen molar-refractivity contribution in [2.45, 2.75) is 30.7 Å². The first kappa shape index (κ1) is 13.6. The standard InChI is InChI=1S/C17H17ClFN/c18-14-7-6-12(10-15(14)19)11-16(20)17(8-9-17)13-4-2-1-3-5-13/h1-7,10,16H,8-9,11,20H2. The lowest BCUT2D eigenvalue weighted by Crippen LogP contribution is -2.36. The Balaban J connectivity index is 1.79. The van der Waals surface area contributed by atoms with Gasteiger partial charge in [0, 0.05) is 11.5 Å². The van der Waals surface area contributed by atoms with E-state index in [1.54, 1.807) is 6.07 Å². The van der Waals surface area contributed by atoms with Crippen LogP contribution in [-0.4, -0.2) is 6.04 Å². The van der Waals surface area contributed by atoms with Crippen LogP contribution in [0.15, 0.2) is 48.5 Å². The molecule has 0 saturated heterocycles. The highest BCUT2D eigenvalue weighted by atomic mass is 35.5. The average Bonchev–Trinajstić information content (AvgIpc) is 3.26. The lowest BCUT2D eigenvalue weighted by molar-refractivity contribution is 0.512. The lowest BCUT2D eigenvalue weighted by Gasteiger charge is -2.24. The van der Waals surface area contributed by atoms with Crippen LogP contribution in [0.3, 0.4) is 0 Å². The Morgan fingerprint density at radius 1 is 1.15 bits per heavy atom. The first-order valence-corrected chi connectivity index (χ1v) is 7.25. The summed E-state index contributed by atoms with van der Waals surface area (Å²) in [6.07, 6.45) is 2.88. The van der Waals surface area contributed by atoms with E-state index in [0.29, 0.717) is 6.42 Å². The zero-order chi connectivity index (χ0) is 14.2. The Labute approximate surface area is 123 Å². The highest BCUT2D eigenvalue weighted by Crippen LogP contribution is 2.50. The minimum Gasteiger partial charge on any atom is -0.327 e. The van der Waals surface area contributed by atoms with Crippen molar-refractivity contribution in [2.24, 2.45) is 5.73 Å². The predicted octanol–water partition coefficient (Wildman–Crippen LogP) is 4.08. The molecule has 0 radical (unpaired) electrons. The largest absolute Gasteiger partial charge is 0.327 e. The highest BCUT2D eigenvalue weighted by molar-refractivity contribution is 6.30. The van der Waals surface area contributed by atoms with Crippen molar-refractivity contribution in [1.82, 2.24) is 0 Å². The molecule has 0 spiro atoms. The maximum Gasteiger partial charge on any atom is 0.142 e. The maximum absolute atomic E-state index is 13.5. The first-order valence-electron chi connectivity index (χ1n) is 6.87. The summed E-state index contributed by atoms with van der Waals surface area (Å²) in [5, 5.41) is 0.159. The maximum atomic E-state index is 13.5. The second-order valence-corrected chi connectivity index (χ2v) is 5.99. The number of hydrogen-bond donors (Lipinski definition) is 1. The minimum atomic E-state index is -0.374. The Morgan fingerprint density at radius 2 is 1.85 bits per heavy atom. The van der Waals surface area contributed by atoms with E-state index in [0.717, 1.165) is 18.4 Å². The molecule has 1 fully saturated rings. The lowest BCUT2D eigenvalue weighted by atomic mass is 9.85. The summed E-state index contributed by atoms with van der Waals surface area (Å²) in [6.45, 7) is 0. The smallest absolute Gasteiger partial charge is 0.142 e. The van der Waals surface area contributed by atoms with E-state index in [-0.39, 0.29) is 22.3 Å². The number of rotatable bonds is 4. The molecule has 104 valence electrons. The van der Waals surface area contributed by atoms with Crippen molar-refractivity contribution in [1.29, 1.82) is 0 Å². The third-order valence-electron chi connectivity index (χ3n) is 4.29. The van der Waals surface area contributed by atoms with Gasteiger partial charge in [0.25, 0.3) is 0 Å². The van der Waals surface area contributed by atoms with Crippen LogP contribution in [0.2, 0.25) is 5.02 Å². The summed E-state index contributed by atoms with van der Waals surface area (Å²) in [7, 11) is 0. The third-order valence-corrected chi connectivity index (χ3v) is 4.59. The third kappa shape index (κ3) is 2.46. The Kier molecular flexibility index (Phi) is 3.53. The zero-order valence-electron chi connectivity index (χ0n) is 11.2. The van der Waals surface area contributed by atoms with Gasteiger partial charge >= 0.3 is 0 Å². The molecular formula is C17H17ClFN. The number of hydrogen-bond acceptors (Lipinski definition) is 1. The van der Waals surface area contributed by atoms with Gasteiger partial charge in [0.1, 0.15) is 5.82 Å². The van der Waals surface area contributed by atoms with Gasteiger partial charge in [-0.15, -0.1) is 0 Å². The molecule has 2 aromatic rings. The molecule has 0 bridgehead atoms. The van der Waals surface area contributed by atoms with Crippen molar-refractivity contribution in [3.63, 3.8) is 0 Å². The van der Waals surface area contributed by atoms with Gasteiger partial charge in [0.05, 0.1) is 5.02 Å². The fourth-order valence-corrected chi connectivity index (χ4v) is 3.01. The highest BCUT2D eigenvalue weighted by Gasteiger charge is 2.48. The van der Waals surface area contributed by atoms with Crippen molar-refractivity contribution < 1.29 is 4.39 Å². The van der Waals surface area contributed by atoms with Crippen molar-refractivity contribution in [2.75, 3.05) is 0 Å². The molecule has 2 aromatic carbocycles. The molecule has 0 heterocycles. The first-order chi connectivity index (χ1) is 9.62. The van der Waals surface area contributed by atoms with E-state index >= 15 is 0 Å². The Hall–Kier alpha value is -1.38. The number of halogens is 2. The van der Waals surface area contributed by atoms with E-state index in [4.69, 9.17) is 17.3 Å². The van der Waals surface area contributed by atoms with Crippen molar-refractivity contribution in [3.05, 3.63) is 70.5 Å². The second kappa shape index (κ2) is 5.19. The molecule has 0 aromatic heterocycles. The van der Waals surface area contributed by atoms with E-state index in [9.17, 15) is 4.39 Å². The fraction of sp³-hybridized carbons (Fsp3) is 0.294. The molecule has 0 aliphatic heterocycles. The topological polar surface area (TPSA) is 26.0 Å². The summed E-state index contributed by atoms with van der Waals surface area (Å²) in [5.74, 6) is -0.374. The molecule has 0 amide bonds. The molecule has 1 atom stereocenters. The molecule has 1 nitrogen and oxygen atoms in total. The zero-order valence-corrected chi connectivity index (χ0v) is 11.9. The summed E-state index contributed by atoms with van der Waals surface area (Å²) in [4.78, 5) is 0. The predicted molar refractivity (Wildman–Crippen MR) is 80.4 cm³/mol. The molecule has 2 N–H and O–H groups in total. The number of benzene rings is 2. The molecule has 3 rings (SSSR count). The van der Waals surface area contributed by atoms with Crippen LogP contribution in [0.4, 0.5) is 4.39 Å². The molecule has 3 heteroatoms. The van der Waals surface area contributed by atoms with Crippen molar-refractivity contribution in [3.8, 4) is 0 Å². The van der Waals surface area contributed by atoms with Gasteiger partial charge < -0.3 is 5.73 Å². The van der Waals surface area contributed by atoms with Crippen LogP contribution in [0.5, 0.6) is 0 Å². The molecule has 1 saturated carbocycles. The van der Waals surface area contributed by atoms with Crippen LogP contribution in [0, 0.1) is 5.82 Å². The van der Waals surface area contributed by atoms with Gasteiger partial charge in [0.15, 0.2) is 0 Å². The van der Waals surface area contributed by atoms with Crippen LogP contribution in [0.25, 0.3) is 0 Å². The molecule has 20 heavy (non-hydrogen) atoms. The Morgan fingerprint density at radius 3 is 2.45 bits per heavy atom. The van der Waals surface area contributed by atoms with Gasteiger partial charge in [-0.2, -0.15) is 0 Å².